The van der Waals surface area contributed by atoms with Crippen molar-refractivity contribution in [2.75, 3.05) is 5.32 Å². The van der Waals surface area contributed by atoms with Gasteiger partial charge in [0, 0.05) is 18.8 Å². The van der Waals surface area contributed by atoms with Crippen molar-refractivity contribution in [3.8, 4) is 0 Å². The van der Waals surface area contributed by atoms with E-state index in [1.165, 1.54) is 16.8 Å². The van der Waals surface area contributed by atoms with Gasteiger partial charge in [0.2, 0.25) is 5.28 Å². The van der Waals surface area contributed by atoms with Gasteiger partial charge in [-0.2, -0.15) is 0 Å². The molecule has 0 atom stereocenters. The monoisotopic (exact) mass is 266 g/mol. The maximum absolute atomic E-state index is 11.8. The van der Waals surface area contributed by atoms with Crippen LogP contribution in [0.1, 0.15) is 17.4 Å². The average molecular weight is 267 g/mol. The van der Waals surface area contributed by atoms with Crippen molar-refractivity contribution in [2.24, 2.45) is 0 Å². The summed E-state index contributed by atoms with van der Waals surface area (Å²) in [5.74, 6) is -0.365. The van der Waals surface area contributed by atoms with Crippen molar-refractivity contribution in [3.63, 3.8) is 0 Å². The molecule has 94 valence electrons. The standard InChI is InChI=1S/C11H11ClN4O2/c1-2-16-6-7(3-4-9(16)17)14-10(18)8-5-13-11(12)15-8/h3-6H,2H2,1H3,(H,13,15)(H,14,18). The number of nitrogens with one attached hydrogen (secondary N) is 2. The average Bonchev–Trinajstić information content (AvgIpc) is 2.78. The predicted octanol–water partition coefficient (Wildman–Crippen LogP) is 1.50. The molecule has 0 unspecified atom stereocenters. The van der Waals surface area contributed by atoms with E-state index in [0.717, 1.165) is 0 Å². The Balaban J connectivity index is 2.19. The fourth-order valence-electron chi connectivity index (χ4n) is 1.46. The molecule has 0 spiro atoms. The van der Waals surface area contributed by atoms with Gasteiger partial charge in [0.1, 0.15) is 5.69 Å². The van der Waals surface area contributed by atoms with Crippen molar-refractivity contribution < 1.29 is 4.79 Å². The molecule has 0 radical (unpaired) electrons. The van der Waals surface area contributed by atoms with E-state index in [1.54, 1.807) is 12.3 Å². The lowest BCUT2D eigenvalue weighted by molar-refractivity contribution is 0.102. The van der Waals surface area contributed by atoms with E-state index in [0.29, 0.717) is 12.2 Å². The number of pyridine rings is 1. The molecule has 0 aromatic carbocycles. The van der Waals surface area contributed by atoms with Gasteiger partial charge < -0.3 is 14.9 Å². The predicted molar refractivity (Wildman–Crippen MR) is 67.9 cm³/mol. The molecule has 2 heterocycles. The van der Waals surface area contributed by atoms with Crippen LogP contribution in [0.5, 0.6) is 0 Å². The molecule has 0 bridgehead atoms. The van der Waals surface area contributed by atoms with Gasteiger partial charge in [-0.25, -0.2) is 4.98 Å². The lowest BCUT2D eigenvalue weighted by Gasteiger charge is -2.06. The zero-order valence-electron chi connectivity index (χ0n) is 9.61. The summed E-state index contributed by atoms with van der Waals surface area (Å²) in [4.78, 5) is 29.5. The zero-order valence-corrected chi connectivity index (χ0v) is 10.4. The number of hydrogen-bond donors (Lipinski definition) is 2. The van der Waals surface area contributed by atoms with Crippen LogP contribution in [0.3, 0.4) is 0 Å². The summed E-state index contributed by atoms with van der Waals surface area (Å²) in [6.07, 6.45) is 2.92. The first-order valence-electron chi connectivity index (χ1n) is 5.32. The van der Waals surface area contributed by atoms with E-state index in [4.69, 9.17) is 11.6 Å². The Morgan fingerprint density at radius 3 is 2.94 bits per heavy atom. The van der Waals surface area contributed by atoms with E-state index in [2.05, 4.69) is 15.3 Å². The number of halogens is 1. The molecule has 6 nitrogen and oxygen atoms in total. The van der Waals surface area contributed by atoms with Crippen LogP contribution in [0.4, 0.5) is 5.69 Å². The Kier molecular flexibility index (Phi) is 3.47. The summed E-state index contributed by atoms with van der Waals surface area (Å²) >= 11 is 5.58. The molecule has 2 rings (SSSR count). The van der Waals surface area contributed by atoms with Crippen LogP contribution < -0.4 is 10.9 Å². The largest absolute Gasteiger partial charge is 0.325 e. The Hall–Kier alpha value is -2.08. The second-order valence-electron chi connectivity index (χ2n) is 3.58. The third-order valence-corrected chi connectivity index (χ3v) is 2.56. The van der Waals surface area contributed by atoms with Crippen LogP contribution in [0.2, 0.25) is 5.28 Å². The number of aryl methyl sites for hydroxylation is 1. The highest BCUT2D eigenvalue weighted by molar-refractivity contribution is 6.28. The highest BCUT2D eigenvalue weighted by atomic mass is 35.5. The van der Waals surface area contributed by atoms with Gasteiger partial charge >= 0.3 is 0 Å². The van der Waals surface area contributed by atoms with Crippen molar-refractivity contribution in [1.82, 2.24) is 14.5 Å². The Labute approximate surface area is 108 Å². The SMILES string of the molecule is CCn1cc(NC(=O)c2cnc(Cl)[nH]2)ccc1=O. The highest BCUT2D eigenvalue weighted by Crippen LogP contribution is 2.08. The number of imidazole rings is 1. The summed E-state index contributed by atoms with van der Waals surface area (Å²) in [5, 5.41) is 2.80. The second kappa shape index (κ2) is 5.05. The molecule has 0 aliphatic heterocycles. The molecular formula is C11H11ClN4O2. The van der Waals surface area contributed by atoms with E-state index >= 15 is 0 Å². The molecule has 0 aliphatic rings. The zero-order chi connectivity index (χ0) is 13.1. The number of aromatic amines is 1. The number of nitrogens with zero attached hydrogens (tertiary/aromatic N) is 2. The lowest BCUT2D eigenvalue weighted by atomic mass is 10.3. The van der Waals surface area contributed by atoms with Crippen LogP contribution in [0, 0.1) is 0 Å². The Morgan fingerprint density at radius 2 is 2.33 bits per heavy atom. The summed E-state index contributed by atoms with van der Waals surface area (Å²) in [5.41, 5.74) is 0.682. The number of carbonyl (C=O) groups excluding carboxylic acids is 1. The van der Waals surface area contributed by atoms with Crippen molar-refractivity contribution >= 4 is 23.2 Å². The number of anilines is 1. The number of carbonyl (C=O) groups is 1. The van der Waals surface area contributed by atoms with E-state index < -0.39 is 0 Å². The molecule has 2 aromatic rings. The minimum atomic E-state index is -0.365. The first-order valence-corrected chi connectivity index (χ1v) is 5.70. The fraction of sp³-hybridized carbons (Fsp3) is 0.182. The van der Waals surface area contributed by atoms with Gasteiger partial charge in [-0.1, -0.05) is 0 Å². The topological polar surface area (TPSA) is 79.8 Å². The maximum Gasteiger partial charge on any atom is 0.273 e. The molecule has 0 saturated heterocycles. The van der Waals surface area contributed by atoms with Crippen LogP contribution in [0.15, 0.2) is 29.3 Å². The fourth-order valence-corrected chi connectivity index (χ4v) is 1.61. The maximum atomic E-state index is 11.8. The lowest BCUT2D eigenvalue weighted by Crippen LogP contribution is -2.19. The van der Waals surface area contributed by atoms with Gasteiger partial charge in [0.05, 0.1) is 11.9 Å². The van der Waals surface area contributed by atoms with E-state index in [9.17, 15) is 9.59 Å². The van der Waals surface area contributed by atoms with Crippen LogP contribution in [-0.4, -0.2) is 20.4 Å². The second-order valence-corrected chi connectivity index (χ2v) is 3.94. The number of H-pyrrole nitrogens is 1. The number of aromatic nitrogens is 3. The molecular weight excluding hydrogens is 256 g/mol. The highest BCUT2D eigenvalue weighted by Gasteiger charge is 2.09. The number of amides is 1. The molecule has 2 N–H and O–H groups in total. The molecule has 1 amide bonds. The van der Waals surface area contributed by atoms with Crippen molar-refractivity contribution in [3.05, 3.63) is 45.9 Å². The van der Waals surface area contributed by atoms with Gasteiger partial charge in [0.15, 0.2) is 0 Å². The number of hydrogen-bond acceptors (Lipinski definition) is 3. The quantitative estimate of drug-likeness (QED) is 0.883. The van der Waals surface area contributed by atoms with E-state index in [1.807, 2.05) is 6.92 Å². The van der Waals surface area contributed by atoms with Gasteiger partial charge in [-0.15, -0.1) is 0 Å². The Morgan fingerprint density at radius 1 is 1.56 bits per heavy atom. The van der Waals surface area contributed by atoms with Crippen LogP contribution in [-0.2, 0) is 6.54 Å². The number of rotatable bonds is 3. The first kappa shape index (κ1) is 12.4. The van der Waals surface area contributed by atoms with Crippen LogP contribution in [0.25, 0.3) is 0 Å². The van der Waals surface area contributed by atoms with Gasteiger partial charge in [-0.05, 0) is 24.6 Å². The molecule has 18 heavy (non-hydrogen) atoms. The van der Waals surface area contributed by atoms with Crippen molar-refractivity contribution in [1.29, 1.82) is 0 Å². The smallest absolute Gasteiger partial charge is 0.273 e. The Bertz CT molecular complexity index is 632. The van der Waals surface area contributed by atoms with E-state index in [-0.39, 0.29) is 22.4 Å². The first-order chi connectivity index (χ1) is 8.60. The summed E-state index contributed by atoms with van der Waals surface area (Å²) < 4.78 is 1.50. The molecule has 2 aromatic heterocycles. The minimum Gasteiger partial charge on any atom is -0.325 e. The van der Waals surface area contributed by atoms with Crippen molar-refractivity contribution in [2.45, 2.75) is 13.5 Å². The molecule has 0 saturated carbocycles. The minimum absolute atomic E-state index is 0.111. The normalized spacial score (nSPS) is 10.3. The summed E-state index contributed by atoms with van der Waals surface area (Å²) in [6, 6.07) is 2.95. The third-order valence-electron chi connectivity index (χ3n) is 2.37. The molecule has 0 fully saturated rings. The van der Waals surface area contributed by atoms with Gasteiger partial charge in [0.25, 0.3) is 11.5 Å². The summed E-state index contributed by atoms with van der Waals surface area (Å²) in [7, 11) is 0. The molecule has 0 aliphatic carbocycles. The molecule has 7 heteroatoms. The van der Waals surface area contributed by atoms with Gasteiger partial charge in [-0.3, -0.25) is 9.59 Å². The third kappa shape index (κ3) is 2.60. The van der Waals surface area contributed by atoms with Crippen LogP contribution >= 0.6 is 11.6 Å². The summed E-state index contributed by atoms with van der Waals surface area (Å²) in [6.45, 7) is 2.39.